The van der Waals surface area contributed by atoms with E-state index in [0.717, 1.165) is 19.3 Å². The lowest BCUT2D eigenvalue weighted by Crippen LogP contribution is -2.28. The Morgan fingerprint density at radius 3 is 1.57 bits per heavy atom. The van der Waals surface area contributed by atoms with Gasteiger partial charge in [-0.2, -0.15) is 0 Å². The van der Waals surface area contributed by atoms with Gasteiger partial charge in [0.05, 0.1) is 18.2 Å². The van der Waals surface area contributed by atoms with Crippen molar-refractivity contribution in [2.45, 2.75) is 157 Å². The maximum Gasteiger partial charge on any atom is 0.349 e. The summed E-state index contributed by atoms with van der Waals surface area (Å²) in [7, 11) is 1.54. The number of phenols is 2. The molecule has 0 bridgehead atoms. The third-order valence-electron chi connectivity index (χ3n) is 11.3. The molecule has 1 aliphatic rings. The van der Waals surface area contributed by atoms with E-state index in [1.807, 2.05) is 0 Å². The molecule has 15 nitrogen and oxygen atoms in total. The zero-order valence-electron chi connectivity index (χ0n) is 41.3. The maximum atomic E-state index is 12.6. The number of carboxylic acid groups (broad SMARTS) is 1. The Kier molecular flexibility index (Phi) is 24.9. The number of carbonyl (C=O) groups is 4. The molecule has 1 fully saturated rings. The van der Waals surface area contributed by atoms with Crippen LogP contribution in [-0.4, -0.2) is 80.1 Å². The summed E-state index contributed by atoms with van der Waals surface area (Å²) in [5.41, 5.74) is 1.02. The number of hydrogen-bond donors (Lipinski definition) is 3. The number of carbonyl (C=O) groups excluding carboxylic acids is 3. The van der Waals surface area contributed by atoms with Crippen molar-refractivity contribution in [2.75, 3.05) is 13.9 Å². The average molecular weight is 944 g/mol. The molecule has 1 saturated carbocycles. The van der Waals surface area contributed by atoms with Crippen molar-refractivity contribution in [1.29, 1.82) is 0 Å². The summed E-state index contributed by atoms with van der Waals surface area (Å²) in [6.45, 7) is 12.8. The molecule has 68 heavy (non-hydrogen) atoms. The van der Waals surface area contributed by atoms with Crippen LogP contribution in [0.4, 0.5) is 0 Å². The number of aliphatic carboxylic acids is 1. The summed E-state index contributed by atoms with van der Waals surface area (Å²) >= 11 is 0. The molecule has 0 aliphatic heterocycles. The molecule has 5 rings (SSSR count). The van der Waals surface area contributed by atoms with Gasteiger partial charge in [0, 0.05) is 30.5 Å². The van der Waals surface area contributed by atoms with Crippen molar-refractivity contribution >= 4 is 23.7 Å². The van der Waals surface area contributed by atoms with Gasteiger partial charge in [0.25, 0.3) is 0 Å². The lowest BCUT2D eigenvalue weighted by Gasteiger charge is -2.27. The highest BCUT2D eigenvalue weighted by molar-refractivity contribution is 5.80. The van der Waals surface area contributed by atoms with Crippen LogP contribution in [0.3, 0.4) is 0 Å². The van der Waals surface area contributed by atoms with Crippen LogP contribution in [0.1, 0.15) is 145 Å². The zero-order valence-corrected chi connectivity index (χ0v) is 41.3. The van der Waals surface area contributed by atoms with Gasteiger partial charge in [0.2, 0.25) is 6.79 Å². The third-order valence-corrected chi connectivity index (χ3v) is 11.3. The first-order valence-corrected chi connectivity index (χ1v) is 24.1. The Bertz CT molecular complexity index is 2170. The van der Waals surface area contributed by atoms with Gasteiger partial charge in [-0.25, -0.2) is 19.7 Å². The topological polar surface area (TPSA) is 214 Å². The van der Waals surface area contributed by atoms with Crippen molar-refractivity contribution in [1.82, 2.24) is 15.0 Å². The normalized spacial score (nSPS) is 14.9. The summed E-state index contributed by atoms with van der Waals surface area (Å²) < 4.78 is 26.7. The Labute approximate surface area is 402 Å². The van der Waals surface area contributed by atoms with Gasteiger partial charge in [-0.1, -0.05) is 91.9 Å². The minimum Gasteiger partial charge on any atom is -0.507 e. The minimum atomic E-state index is -1.14. The number of aromatic hydroxyl groups is 2. The fourth-order valence-electron chi connectivity index (χ4n) is 7.34. The summed E-state index contributed by atoms with van der Waals surface area (Å²) in [4.78, 5) is 61.4. The fourth-order valence-corrected chi connectivity index (χ4v) is 7.34. The number of unbranched alkanes of at least 4 members (excludes halogenated alkanes) is 7. The fraction of sp³-hybridized carbons (Fsp3) is 0.528. The molecule has 4 aromatic rings. The van der Waals surface area contributed by atoms with Crippen molar-refractivity contribution in [3.63, 3.8) is 0 Å². The molecule has 0 radical (unpaired) electrons. The highest BCUT2D eigenvalue weighted by Crippen LogP contribution is 2.37. The largest absolute Gasteiger partial charge is 0.507 e. The van der Waals surface area contributed by atoms with E-state index in [9.17, 15) is 29.4 Å². The van der Waals surface area contributed by atoms with Crippen molar-refractivity contribution in [3.8, 4) is 62.9 Å². The maximum absolute atomic E-state index is 12.6. The Balaban J connectivity index is 0.000000826. The van der Waals surface area contributed by atoms with Crippen LogP contribution in [0.5, 0.6) is 28.7 Å². The van der Waals surface area contributed by atoms with E-state index in [0.29, 0.717) is 17.7 Å². The molecule has 1 aromatic heterocycles. The first kappa shape index (κ1) is 56.1. The molecular weight excluding hydrogens is 871 g/mol. The van der Waals surface area contributed by atoms with Crippen LogP contribution >= 0.6 is 0 Å². The molecule has 3 aromatic carbocycles. The second-order valence-electron chi connectivity index (χ2n) is 17.1. The SMILES string of the molecule is CCCCCC.CCCCCCC.COc1ccc(-c2nc(-c3ccc(OC(C)C(C)=O)cc3O)nc(-c3ccc(OC(C)C(=O)OCOC(=O)CC4CCCC(CC(=O)O)C4)cc3O)n2)cc1. The molecule has 0 spiro atoms. The molecule has 15 heteroatoms. The summed E-state index contributed by atoms with van der Waals surface area (Å²) in [6.07, 6.45) is 14.0. The zero-order chi connectivity index (χ0) is 50.0. The Morgan fingerprint density at radius 2 is 1.10 bits per heavy atom. The molecule has 0 amide bonds. The number of aromatic nitrogens is 3. The first-order valence-electron chi connectivity index (χ1n) is 24.1. The quantitative estimate of drug-likeness (QED) is 0.0358. The molecular formula is C53H73N3O12. The van der Waals surface area contributed by atoms with E-state index in [2.05, 4.69) is 42.6 Å². The van der Waals surface area contributed by atoms with E-state index >= 15 is 0 Å². The number of ketones is 1. The van der Waals surface area contributed by atoms with Gasteiger partial charge in [-0.3, -0.25) is 14.4 Å². The van der Waals surface area contributed by atoms with Gasteiger partial charge in [-0.05, 0) is 100 Å². The smallest absolute Gasteiger partial charge is 0.349 e. The van der Waals surface area contributed by atoms with E-state index in [4.69, 9.17) is 28.8 Å². The lowest BCUT2D eigenvalue weighted by atomic mass is 9.78. The van der Waals surface area contributed by atoms with E-state index in [-0.39, 0.29) is 82.1 Å². The highest BCUT2D eigenvalue weighted by atomic mass is 16.7. The van der Waals surface area contributed by atoms with Gasteiger partial charge in [0.1, 0.15) is 28.7 Å². The number of Topliss-reactive ketones (excluding diaryl/α,β-unsaturated/α-hetero) is 1. The Hall–Kier alpha value is -6.25. The number of nitrogens with zero attached hydrogens (tertiary/aromatic N) is 3. The second-order valence-corrected chi connectivity index (χ2v) is 17.1. The number of carboxylic acids is 1. The number of phenolic OH excluding ortho intramolecular Hbond substituents is 2. The molecule has 0 saturated heterocycles. The standard InChI is InChI=1S/C40H43N3O12.C7H16.C6H14/c1-22(44)23(2)54-29-12-14-31(33(45)19-29)38-41-37(27-8-10-28(51-4)11-9-27)42-39(43-38)32-15-13-30(20-34(32)46)55-24(3)40(50)53-21-52-36(49)18-26-7-5-6-25(16-26)17-35(47)48;1-3-5-7-6-4-2;1-3-5-6-4-2/h8-15,19-20,23-26,45-46H,5-7,16-18,21H2,1-4H3,(H,47,48);3-7H2,1-2H3;3-6H2,1-2H3. The number of hydrogen-bond acceptors (Lipinski definition) is 14. The molecule has 372 valence electrons. The number of methoxy groups -OCH3 is 1. The van der Waals surface area contributed by atoms with Crippen molar-refractivity contribution < 1.29 is 58.2 Å². The molecule has 4 atom stereocenters. The van der Waals surface area contributed by atoms with Gasteiger partial charge >= 0.3 is 17.9 Å². The second kappa shape index (κ2) is 30.2. The van der Waals surface area contributed by atoms with Gasteiger partial charge in [0.15, 0.2) is 35.5 Å². The van der Waals surface area contributed by atoms with Crippen LogP contribution in [0, 0.1) is 11.8 Å². The van der Waals surface area contributed by atoms with Gasteiger partial charge in [-0.15, -0.1) is 0 Å². The van der Waals surface area contributed by atoms with Crippen molar-refractivity contribution in [2.24, 2.45) is 11.8 Å². The Morgan fingerprint density at radius 1 is 0.632 bits per heavy atom. The van der Waals surface area contributed by atoms with E-state index < -0.39 is 36.9 Å². The summed E-state index contributed by atoms with van der Waals surface area (Å²) in [5.74, 6) is -1.48. The lowest BCUT2D eigenvalue weighted by molar-refractivity contribution is -0.172. The summed E-state index contributed by atoms with van der Waals surface area (Å²) in [5, 5.41) is 31.1. The monoisotopic (exact) mass is 944 g/mol. The molecule has 1 aliphatic carbocycles. The highest BCUT2D eigenvalue weighted by Gasteiger charge is 2.27. The van der Waals surface area contributed by atoms with Crippen LogP contribution in [0.2, 0.25) is 0 Å². The minimum absolute atomic E-state index is 0.0135. The summed E-state index contributed by atoms with van der Waals surface area (Å²) in [6, 6.07) is 15.7. The predicted octanol–water partition coefficient (Wildman–Crippen LogP) is 11.7. The molecule has 3 N–H and O–H groups in total. The average Bonchev–Trinajstić information content (AvgIpc) is 3.31. The first-order chi connectivity index (χ1) is 32.6. The van der Waals surface area contributed by atoms with Crippen molar-refractivity contribution in [3.05, 3.63) is 60.7 Å². The third kappa shape index (κ3) is 19.5. The number of rotatable bonds is 23. The number of benzene rings is 3. The van der Waals surface area contributed by atoms with E-state index in [1.54, 1.807) is 50.4 Å². The predicted molar refractivity (Wildman–Crippen MR) is 260 cm³/mol. The van der Waals surface area contributed by atoms with Crippen LogP contribution in [-0.2, 0) is 28.7 Å². The van der Waals surface area contributed by atoms with E-state index in [1.165, 1.54) is 95.9 Å². The molecule has 1 heterocycles. The molecule has 4 unspecified atom stereocenters. The van der Waals surface area contributed by atoms with Crippen LogP contribution < -0.4 is 14.2 Å². The number of esters is 2. The van der Waals surface area contributed by atoms with Crippen LogP contribution in [0.15, 0.2) is 60.7 Å². The number of ether oxygens (including phenoxy) is 5. The van der Waals surface area contributed by atoms with Crippen LogP contribution in [0.25, 0.3) is 34.2 Å². The van der Waals surface area contributed by atoms with Gasteiger partial charge < -0.3 is 39.0 Å².